The third-order valence-electron chi connectivity index (χ3n) is 2.69. The van der Waals surface area contributed by atoms with Crippen molar-refractivity contribution in [1.29, 1.82) is 0 Å². The highest BCUT2D eigenvalue weighted by Gasteiger charge is 2.15. The normalized spacial score (nSPS) is 11.8. The number of benzene rings is 1. The molecule has 0 unspecified atom stereocenters. The average Bonchev–Trinajstić information content (AvgIpc) is 2.28. The molecule has 3 heteroatoms. The summed E-state index contributed by atoms with van der Waals surface area (Å²) >= 11 is 0. The number of nitrogens with two attached hydrogens (primary N) is 1. The van der Waals surface area contributed by atoms with E-state index in [2.05, 4.69) is 17.1 Å². The lowest BCUT2D eigenvalue weighted by molar-refractivity contribution is 0.418. The predicted octanol–water partition coefficient (Wildman–Crippen LogP) is 2.52. The summed E-state index contributed by atoms with van der Waals surface area (Å²) < 4.78 is 5.32. The van der Waals surface area contributed by atoms with E-state index in [1.807, 2.05) is 26.0 Å². The van der Waals surface area contributed by atoms with Gasteiger partial charge in [0.05, 0.1) is 7.11 Å². The molecule has 90 valence electrons. The fourth-order valence-corrected chi connectivity index (χ4v) is 2.02. The Bertz CT molecular complexity index is 529. The molecule has 1 aromatic heterocycles. The molecule has 2 N–H and O–H groups in total. The van der Waals surface area contributed by atoms with Crippen LogP contribution in [0, 0.1) is 0 Å². The molecule has 0 aliphatic heterocycles. The Balaban J connectivity index is 2.59. The molecule has 0 spiro atoms. The van der Waals surface area contributed by atoms with E-state index in [1.54, 1.807) is 13.3 Å². The number of rotatable bonds is 3. The van der Waals surface area contributed by atoms with E-state index in [0.29, 0.717) is 0 Å². The van der Waals surface area contributed by atoms with Gasteiger partial charge in [-0.2, -0.15) is 0 Å². The summed E-state index contributed by atoms with van der Waals surface area (Å²) in [5, 5.41) is 1.12. The maximum atomic E-state index is 6.08. The molecule has 0 atom stereocenters. The van der Waals surface area contributed by atoms with Crippen molar-refractivity contribution < 1.29 is 4.74 Å². The average molecular weight is 230 g/mol. The Morgan fingerprint density at radius 3 is 2.71 bits per heavy atom. The van der Waals surface area contributed by atoms with Gasteiger partial charge in [-0.05, 0) is 38.0 Å². The second kappa shape index (κ2) is 4.34. The van der Waals surface area contributed by atoms with Crippen LogP contribution in [0.3, 0.4) is 0 Å². The van der Waals surface area contributed by atoms with E-state index < -0.39 is 0 Å². The van der Waals surface area contributed by atoms with Crippen LogP contribution >= 0.6 is 0 Å². The van der Waals surface area contributed by atoms with Crippen molar-refractivity contribution in [3.63, 3.8) is 0 Å². The quantitative estimate of drug-likeness (QED) is 0.881. The third-order valence-corrected chi connectivity index (χ3v) is 2.69. The fraction of sp³-hybridized carbons (Fsp3) is 0.357. The smallest absolute Gasteiger partial charge is 0.145 e. The molecule has 0 radical (unpaired) electrons. The number of hydrogen-bond donors (Lipinski definition) is 1. The molecular formula is C14H18N2O. The Hall–Kier alpha value is -1.61. The van der Waals surface area contributed by atoms with E-state index in [1.165, 1.54) is 5.56 Å². The van der Waals surface area contributed by atoms with Gasteiger partial charge in [0.15, 0.2) is 0 Å². The Morgan fingerprint density at radius 2 is 2.06 bits per heavy atom. The van der Waals surface area contributed by atoms with Crippen LogP contribution in [0.25, 0.3) is 10.9 Å². The fourth-order valence-electron chi connectivity index (χ4n) is 2.02. The lowest BCUT2D eigenvalue weighted by Crippen LogP contribution is -2.34. The number of ether oxygens (including phenoxy) is 1. The maximum absolute atomic E-state index is 6.08. The number of hydrogen-bond acceptors (Lipinski definition) is 3. The molecular weight excluding hydrogens is 212 g/mol. The predicted molar refractivity (Wildman–Crippen MR) is 70.3 cm³/mol. The molecule has 0 aliphatic carbocycles. The monoisotopic (exact) mass is 230 g/mol. The third kappa shape index (κ3) is 2.56. The van der Waals surface area contributed by atoms with E-state index in [9.17, 15) is 0 Å². The van der Waals surface area contributed by atoms with Crippen LogP contribution in [-0.2, 0) is 6.42 Å². The zero-order valence-electron chi connectivity index (χ0n) is 10.5. The van der Waals surface area contributed by atoms with Gasteiger partial charge in [-0.1, -0.05) is 12.1 Å². The highest BCUT2D eigenvalue weighted by molar-refractivity contribution is 5.87. The number of nitrogens with zero attached hydrogens (tertiary/aromatic N) is 1. The molecule has 0 amide bonds. The molecule has 0 aliphatic rings. The summed E-state index contributed by atoms with van der Waals surface area (Å²) in [6.45, 7) is 4.05. The Kier molecular flexibility index (Phi) is 3.03. The van der Waals surface area contributed by atoms with Crippen molar-refractivity contribution in [1.82, 2.24) is 4.98 Å². The van der Waals surface area contributed by atoms with Crippen LogP contribution in [0.1, 0.15) is 19.4 Å². The van der Waals surface area contributed by atoms with Gasteiger partial charge in [0.2, 0.25) is 0 Å². The highest BCUT2D eigenvalue weighted by Crippen LogP contribution is 2.28. The molecule has 2 aromatic rings. The highest BCUT2D eigenvalue weighted by atomic mass is 16.5. The van der Waals surface area contributed by atoms with Gasteiger partial charge < -0.3 is 10.5 Å². The van der Waals surface area contributed by atoms with Crippen molar-refractivity contribution in [2.75, 3.05) is 7.11 Å². The van der Waals surface area contributed by atoms with Crippen molar-refractivity contribution in [2.24, 2.45) is 5.73 Å². The lowest BCUT2D eigenvalue weighted by Gasteiger charge is -2.20. The second-order valence-corrected chi connectivity index (χ2v) is 4.99. The van der Waals surface area contributed by atoms with E-state index in [0.717, 1.165) is 23.1 Å². The number of methoxy groups -OCH3 is 1. The molecule has 0 fully saturated rings. The van der Waals surface area contributed by atoms with Gasteiger partial charge in [0.1, 0.15) is 11.3 Å². The van der Waals surface area contributed by atoms with Gasteiger partial charge >= 0.3 is 0 Å². The van der Waals surface area contributed by atoms with Gasteiger partial charge in [0, 0.05) is 17.1 Å². The van der Waals surface area contributed by atoms with Crippen molar-refractivity contribution in [3.8, 4) is 5.75 Å². The van der Waals surface area contributed by atoms with Crippen LogP contribution < -0.4 is 10.5 Å². The minimum Gasteiger partial charge on any atom is -0.494 e. The molecule has 0 saturated heterocycles. The molecule has 17 heavy (non-hydrogen) atoms. The number of aromatic nitrogens is 1. The van der Waals surface area contributed by atoms with E-state index >= 15 is 0 Å². The summed E-state index contributed by atoms with van der Waals surface area (Å²) in [7, 11) is 1.66. The Labute approximate surface area is 102 Å². The van der Waals surface area contributed by atoms with Gasteiger partial charge in [-0.15, -0.1) is 0 Å². The van der Waals surface area contributed by atoms with Crippen LogP contribution in [0.2, 0.25) is 0 Å². The molecule has 0 saturated carbocycles. The first-order chi connectivity index (χ1) is 8.01. The number of pyridine rings is 1. The molecule has 1 heterocycles. The summed E-state index contributed by atoms with van der Waals surface area (Å²) in [6, 6.07) is 8.02. The van der Waals surface area contributed by atoms with Gasteiger partial charge in [0.25, 0.3) is 0 Å². The topological polar surface area (TPSA) is 48.1 Å². The summed E-state index contributed by atoms with van der Waals surface area (Å²) in [6.07, 6.45) is 2.60. The minimum absolute atomic E-state index is 0.225. The zero-order valence-corrected chi connectivity index (χ0v) is 10.5. The minimum atomic E-state index is -0.225. The number of fused-ring (bicyclic) bond motifs is 1. The second-order valence-electron chi connectivity index (χ2n) is 4.99. The SMILES string of the molecule is COc1ccc(CC(C)(C)N)c2cccnc12. The largest absolute Gasteiger partial charge is 0.494 e. The summed E-state index contributed by atoms with van der Waals surface area (Å²) in [5.41, 5.74) is 7.96. The van der Waals surface area contributed by atoms with E-state index in [-0.39, 0.29) is 5.54 Å². The summed E-state index contributed by atoms with van der Waals surface area (Å²) in [4.78, 5) is 4.38. The van der Waals surface area contributed by atoms with Gasteiger partial charge in [-0.25, -0.2) is 0 Å². The maximum Gasteiger partial charge on any atom is 0.145 e. The first kappa shape index (κ1) is 11.9. The van der Waals surface area contributed by atoms with Crippen LogP contribution in [0.5, 0.6) is 5.75 Å². The molecule has 3 nitrogen and oxygen atoms in total. The standard InChI is InChI=1S/C14H18N2O/c1-14(2,15)9-10-6-7-12(17-3)13-11(10)5-4-8-16-13/h4-8H,9,15H2,1-3H3. The molecule has 2 rings (SSSR count). The van der Waals surface area contributed by atoms with Crippen molar-refractivity contribution in [2.45, 2.75) is 25.8 Å². The molecule has 0 bridgehead atoms. The van der Waals surface area contributed by atoms with E-state index in [4.69, 9.17) is 10.5 Å². The first-order valence-electron chi connectivity index (χ1n) is 5.71. The first-order valence-corrected chi connectivity index (χ1v) is 5.71. The Morgan fingerprint density at radius 1 is 1.29 bits per heavy atom. The van der Waals surface area contributed by atoms with Crippen LogP contribution in [0.15, 0.2) is 30.5 Å². The zero-order chi connectivity index (χ0) is 12.5. The van der Waals surface area contributed by atoms with Crippen molar-refractivity contribution >= 4 is 10.9 Å². The van der Waals surface area contributed by atoms with Gasteiger partial charge in [-0.3, -0.25) is 4.98 Å². The summed E-state index contributed by atoms with van der Waals surface area (Å²) in [5.74, 6) is 0.805. The van der Waals surface area contributed by atoms with Crippen LogP contribution in [0.4, 0.5) is 0 Å². The van der Waals surface area contributed by atoms with Crippen LogP contribution in [-0.4, -0.2) is 17.6 Å². The lowest BCUT2D eigenvalue weighted by atomic mass is 9.93. The van der Waals surface area contributed by atoms with Crippen molar-refractivity contribution in [3.05, 3.63) is 36.0 Å². The molecule has 1 aromatic carbocycles.